The van der Waals surface area contributed by atoms with Gasteiger partial charge in [-0.15, -0.1) is 0 Å². The van der Waals surface area contributed by atoms with Gasteiger partial charge in [-0.25, -0.2) is 18.7 Å². The van der Waals surface area contributed by atoms with Crippen molar-refractivity contribution >= 4 is 5.82 Å². The van der Waals surface area contributed by atoms with E-state index in [1.807, 2.05) is 13.8 Å². The number of rotatable bonds is 3. The standard InChI is InChI=1S/C15H17F2N3/c1-8(2)14-19-13(9(3)15(18-4)20-14)10-6-5-7-11(16)12(10)17/h5-8H,1-4H3,(H,18,19,20). The molecule has 2 aromatic rings. The molecule has 0 amide bonds. The molecule has 106 valence electrons. The summed E-state index contributed by atoms with van der Waals surface area (Å²) in [6.07, 6.45) is 0. The van der Waals surface area contributed by atoms with Crippen molar-refractivity contribution in [1.82, 2.24) is 9.97 Å². The number of aromatic nitrogens is 2. The zero-order valence-electron chi connectivity index (χ0n) is 12.0. The maximum absolute atomic E-state index is 14.0. The number of hydrogen-bond acceptors (Lipinski definition) is 3. The summed E-state index contributed by atoms with van der Waals surface area (Å²) in [5.41, 5.74) is 1.27. The van der Waals surface area contributed by atoms with Crippen molar-refractivity contribution in [1.29, 1.82) is 0 Å². The molecule has 0 radical (unpaired) electrons. The van der Waals surface area contributed by atoms with Gasteiger partial charge >= 0.3 is 0 Å². The fraction of sp³-hybridized carbons (Fsp3) is 0.333. The molecule has 0 aliphatic heterocycles. The maximum Gasteiger partial charge on any atom is 0.168 e. The van der Waals surface area contributed by atoms with Crippen LogP contribution in [0.2, 0.25) is 0 Å². The normalized spacial score (nSPS) is 10.9. The fourth-order valence-electron chi connectivity index (χ4n) is 1.98. The van der Waals surface area contributed by atoms with Crippen LogP contribution in [0.25, 0.3) is 11.3 Å². The topological polar surface area (TPSA) is 37.8 Å². The lowest BCUT2D eigenvalue weighted by molar-refractivity contribution is 0.510. The second kappa shape index (κ2) is 5.53. The van der Waals surface area contributed by atoms with Gasteiger partial charge < -0.3 is 5.32 Å². The van der Waals surface area contributed by atoms with Gasteiger partial charge in [0.25, 0.3) is 0 Å². The van der Waals surface area contributed by atoms with Crippen LogP contribution in [-0.4, -0.2) is 17.0 Å². The predicted molar refractivity (Wildman–Crippen MR) is 75.8 cm³/mol. The average molecular weight is 277 g/mol. The van der Waals surface area contributed by atoms with Crippen molar-refractivity contribution in [3.05, 3.63) is 41.2 Å². The van der Waals surface area contributed by atoms with Gasteiger partial charge in [-0.1, -0.05) is 19.9 Å². The summed E-state index contributed by atoms with van der Waals surface area (Å²) in [7, 11) is 1.74. The minimum absolute atomic E-state index is 0.0954. The van der Waals surface area contributed by atoms with Gasteiger partial charge in [0.05, 0.1) is 5.69 Å². The van der Waals surface area contributed by atoms with Crippen LogP contribution in [0, 0.1) is 18.6 Å². The number of benzene rings is 1. The van der Waals surface area contributed by atoms with Crippen LogP contribution in [0.5, 0.6) is 0 Å². The van der Waals surface area contributed by atoms with E-state index in [4.69, 9.17) is 0 Å². The molecule has 5 heteroatoms. The monoisotopic (exact) mass is 277 g/mol. The Hall–Kier alpha value is -2.04. The first-order chi connectivity index (χ1) is 9.45. The largest absolute Gasteiger partial charge is 0.373 e. The van der Waals surface area contributed by atoms with Crippen LogP contribution in [-0.2, 0) is 0 Å². The van der Waals surface area contributed by atoms with Gasteiger partial charge in [-0.05, 0) is 19.1 Å². The minimum atomic E-state index is -0.883. The first kappa shape index (κ1) is 14.4. The lowest BCUT2D eigenvalue weighted by Gasteiger charge is -2.14. The van der Waals surface area contributed by atoms with Crippen LogP contribution in [0.4, 0.5) is 14.6 Å². The summed E-state index contributed by atoms with van der Waals surface area (Å²) >= 11 is 0. The molecule has 0 atom stereocenters. The van der Waals surface area contributed by atoms with E-state index in [0.717, 1.165) is 6.07 Å². The predicted octanol–water partition coefficient (Wildman–Crippen LogP) is 3.90. The molecule has 2 rings (SSSR count). The third-order valence-electron chi connectivity index (χ3n) is 3.12. The molecular weight excluding hydrogens is 260 g/mol. The molecule has 0 aliphatic rings. The van der Waals surface area contributed by atoms with Gasteiger partial charge in [-0.2, -0.15) is 0 Å². The summed E-state index contributed by atoms with van der Waals surface area (Å²) in [4.78, 5) is 8.78. The molecule has 0 fully saturated rings. The van der Waals surface area contributed by atoms with Gasteiger partial charge in [-0.3, -0.25) is 0 Å². The van der Waals surface area contributed by atoms with Crippen LogP contribution in [0.15, 0.2) is 18.2 Å². The van der Waals surface area contributed by atoms with E-state index in [0.29, 0.717) is 22.9 Å². The Kier molecular flexibility index (Phi) is 3.97. The molecule has 0 aliphatic carbocycles. The number of halogens is 2. The Morgan fingerprint density at radius 2 is 1.85 bits per heavy atom. The Morgan fingerprint density at radius 3 is 2.45 bits per heavy atom. The molecule has 1 aromatic carbocycles. The van der Waals surface area contributed by atoms with Crippen LogP contribution in [0.1, 0.15) is 31.2 Å². The van der Waals surface area contributed by atoms with E-state index in [1.165, 1.54) is 12.1 Å². The Morgan fingerprint density at radius 1 is 1.15 bits per heavy atom. The summed E-state index contributed by atoms with van der Waals surface area (Å²) < 4.78 is 27.4. The molecule has 0 saturated heterocycles. The van der Waals surface area contributed by atoms with E-state index in [-0.39, 0.29) is 11.5 Å². The summed E-state index contributed by atoms with van der Waals surface area (Å²) in [5.74, 6) is -0.442. The zero-order chi connectivity index (χ0) is 14.9. The highest BCUT2D eigenvalue weighted by Gasteiger charge is 2.18. The van der Waals surface area contributed by atoms with Gasteiger partial charge in [0.1, 0.15) is 11.6 Å². The third kappa shape index (κ3) is 2.48. The first-order valence-electron chi connectivity index (χ1n) is 6.46. The first-order valence-corrected chi connectivity index (χ1v) is 6.46. The lowest BCUT2D eigenvalue weighted by atomic mass is 10.1. The second-order valence-electron chi connectivity index (χ2n) is 4.91. The van der Waals surface area contributed by atoms with Crippen molar-refractivity contribution < 1.29 is 8.78 Å². The van der Waals surface area contributed by atoms with Crippen LogP contribution in [0.3, 0.4) is 0 Å². The lowest BCUT2D eigenvalue weighted by Crippen LogP contribution is -2.07. The number of hydrogen-bond donors (Lipinski definition) is 1. The smallest absolute Gasteiger partial charge is 0.168 e. The molecule has 0 saturated carbocycles. The van der Waals surface area contributed by atoms with Crippen LogP contribution < -0.4 is 5.32 Å². The summed E-state index contributed by atoms with van der Waals surface area (Å²) in [6.45, 7) is 5.70. The van der Waals surface area contributed by atoms with Gasteiger partial charge in [0.2, 0.25) is 0 Å². The third-order valence-corrected chi connectivity index (χ3v) is 3.12. The summed E-state index contributed by atoms with van der Waals surface area (Å²) in [6, 6.07) is 4.10. The quantitative estimate of drug-likeness (QED) is 0.924. The number of anilines is 1. The van der Waals surface area contributed by atoms with Crippen molar-refractivity contribution in [3.63, 3.8) is 0 Å². The minimum Gasteiger partial charge on any atom is -0.373 e. The summed E-state index contributed by atoms with van der Waals surface area (Å²) in [5, 5.41) is 2.97. The number of nitrogens with one attached hydrogen (secondary N) is 1. The molecule has 0 unspecified atom stereocenters. The second-order valence-corrected chi connectivity index (χ2v) is 4.91. The Balaban J connectivity index is 2.72. The van der Waals surface area contributed by atoms with Crippen molar-refractivity contribution in [3.8, 4) is 11.3 Å². The molecule has 20 heavy (non-hydrogen) atoms. The molecule has 1 heterocycles. The highest BCUT2D eigenvalue weighted by Crippen LogP contribution is 2.30. The molecule has 1 aromatic heterocycles. The average Bonchev–Trinajstić information content (AvgIpc) is 2.42. The van der Waals surface area contributed by atoms with E-state index in [9.17, 15) is 8.78 Å². The maximum atomic E-state index is 14.0. The van der Waals surface area contributed by atoms with Crippen molar-refractivity contribution in [2.75, 3.05) is 12.4 Å². The molecular formula is C15H17F2N3. The van der Waals surface area contributed by atoms with E-state index >= 15 is 0 Å². The Labute approximate surface area is 117 Å². The van der Waals surface area contributed by atoms with Crippen molar-refractivity contribution in [2.24, 2.45) is 0 Å². The zero-order valence-corrected chi connectivity index (χ0v) is 12.0. The van der Waals surface area contributed by atoms with E-state index < -0.39 is 11.6 Å². The SMILES string of the molecule is CNc1nc(C(C)C)nc(-c2cccc(F)c2F)c1C. The van der Waals surface area contributed by atoms with E-state index in [2.05, 4.69) is 15.3 Å². The molecule has 3 nitrogen and oxygen atoms in total. The van der Waals surface area contributed by atoms with Gasteiger partial charge in [0, 0.05) is 24.1 Å². The number of nitrogens with zero attached hydrogens (tertiary/aromatic N) is 2. The highest BCUT2D eigenvalue weighted by atomic mass is 19.2. The Bertz CT molecular complexity index is 639. The van der Waals surface area contributed by atoms with Gasteiger partial charge in [0.15, 0.2) is 11.6 Å². The molecule has 0 bridgehead atoms. The fourth-order valence-corrected chi connectivity index (χ4v) is 1.98. The highest BCUT2D eigenvalue weighted by molar-refractivity contribution is 5.68. The van der Waals surface area contributed by atoms with Crippen LogP contribution >= 0.6 is 0 Å². The van der Waals surface area contributed by atoms with Crippen molar-refractivity contribution in [2.45, 2.75) is 26.7 Å². The molecule has 1 N–H and O–H groups in total. The molecule has 0 spiro atoms. The van der Waals surface area contributed by atoms with E-state index in [1.54, 1.807) is 14.0 Å².